The lowest BCUT2D eigenvalue weighted by Crippen LogP contribution is -2.43. The van der Waals surface area contributed by atoms with Crippen molar-refractivity contribution in [2.75, 3.05) is 40.8 Å². The van der Waals surface area contributed by atoms with Crippen LogP contribution in [0, 0.1) is 0 Å². The lowest BCUT2D eigenvalue weighted by molar-refractivity contribution is 0.180. The SMILES string of the molecule is CCNC(c1ccccc1)C(CC)N(C)CCCN(C)C. The molecule has 0 aliphatic carbocycles. The van der Waals surface area contributed by atoms with E-state index >= 15 is 0 Å². The zero-order valence-corrected chi connectivity index (χ0v) is 14.5. The fourth-order valence-corrected chi connectivity index (χ4v) is 2.96. The molecule has 0 aliphatic rings. The lowest BCUT2D eigenvalue weighted by atomic mass is 9.96. The van der Waals surface area contributed by atoms with Crippen LogP contribution in [0.2, 0.25) is 0 Å². The van der Waals surface area contributed by atoms with E-state index in [0.717, 1.165) is 26.1 Å². The predicted octanol–water partition coefficient (Wildman–Crippen LogP) is 3.00. The number of nitrogens with zero attached hydrogens (tertiary/aromatic N) is 2. The topological polar surface area (TPSA) is 18.5 Å². The van der Waals surface area contributed by atoms with Crippen LogP contribution in [0.1, 0.15) is 38.3 Å². The molecule has 2 atom stereocenters. The van der Waals surface area contributed by atoms with Crippen LogP contribution in [0.5, 0.6) is 0 Å². The van der Waals surface area contributed by atoms with E-state index in [2.05, 4.69) is 80.4 Å². The average Bonchev–Trinajstić information content (AvgIpc) is 2.47. The van der Waals surface area contributed by atoms with Gasteiger partial charge in [0, 0.05) is 12.1 Å². The molecule has 0 fully saturated rings. The molecular formula is C18H33N3. The van der Waals surface area contributed by atoms with E-state index in [1.807, 2.05) is 0 Å². The maximum absolute atomic E-state index is 3.68. The second-order valence-electron chi connectivity index (χ2n) is 6.06. The summed E-state index contributed by atoms with van der Waals surface area (Å²) in [6.45, 7) is 7.78. The highest BCUT2D eigenvalue weighted by Gasteiger charge is 2.24. The molecule has 3 heteroatoms. The zero-order valence-electron chi connectivity index (χ0n) is 14.5. The van der Waals surface area contributed by atoms with Crippen molar-refractivity contribution >= 4 is 0 Å². The van der Waals surface area contributed by atoms with Gasteiger partial charge in [-0.25, -0.2) is 0 Å². The van der Waals surface area contributed by atoms with E-state index in [1.54, 1.807) is 0 Å². The van der Waals surface area contributed by atoms with Gasteiger partial charge in [0.1, 0.15) is 0 Å². The van der Waals surface area contributed by atoms with Crippen molar-refractivity contribution in [3.05, 3.63) is 35.9 Å². The molecule has 1 aromatic rings. The molecule has 0 aromatic heterocycles. The van der Waals surface area contributed by atoms with Gasteiger partial charge in [-0.05, 0) is 59.2 Å². The van der Waals surface area contributed by atoms with Crippen molar-refractivity contribution in [2.45, 2.75) is 38.8 Å². The Bertz CT molecular complexity index is 364. The first-order chi connectivity index (χ1) is 10.1. The molecule has 1 N–H and O–H groups in total. The first kappa shape index (κ1) is 18.1. The van der Waals surface area contributed by atoms with E-state index in [4.69, 9.17) is 0 Å². The molecule has 2 unspecified atom stereocenters. The number of hydrogen-bond acceptors (Lipinski definition) is 3. The summed E-state index contributed by atoms with van der Waals surface area (Å²) >= 11 is 0. The fourth-order valence-electron chi connectivity index (χ4n) is 2.96. The fraction of sp³-hybridized carbons (Fsp3) is 0.667. The summed E-state index contributed by atoms with van der Waals surface area (Å²) in [6.07, 6.45) is 2.37. The quantitative estimate of drug-likeness (QED) is 0.715. The highest BCUT2D eigenvalue weighted by Crippen LogP contribution is 2.23. The van der Waals surface area contributed by atoms with Gasteiger partial charge in [0.15, 0.2) is 0 Å². The molecule has 0 bridgehead atoms. The lowest BCUT2D eigenvalue weighted by Gasteiger charge is -2.35. The Labute approximate surface area is 131 Å². The van der Waals surface area contributed by atoms with Crippen LogP contribution in [0.15, 0.2) is 30.3 Å². The summed E-state index contributed by atoms with van der Waals surface area (Å²) in [5.41, 5.74) is 1.39. The molecule has 1 aromatic carbocycles. The van der Waals surface area contributed by atoms with Crippen LogP contribution in [0.4, 0.5) is 0 Å². The van der Waals surface area contributed by atoms with Crippen LogP contribution in [-0.4, -0.2) is 56.6 Å². The molecule has 0 radical (unpaired) electrons. The van der Waals surface area contributed by atoms with Gasteiger partial charge in [-0.1, -0.05) is 44.2 Å². The summed E-state index contributed by atoms with van der Waals surface area (Å²) < 4.78 is 0. The zero-order chi connectivity index (χ0) is 15.7. The molecule has 120 valence electrons. The smallest absolute Gasteiger partial charge is 0.0477 e. The van der Waals surface area contributed by atoms with Crippen LogP contribution >= 0.6 is 0 Å². The Morgan fingerprint density at radius 2 is 1.67 bits per heavy atom. The third-order valence-corrected chi connectivity index (χ3v) is 4.07. The highest BCUT2D eigenvalue weighted by molar-refractivity contribution is 5.20. The first-order valence-electron chi connectivity index (χ1n) is 8.23. The summed E-state index contributed by atoms with van der Waals surface area (Å²) in [6, 6.07) is 11.8. The molecule has 1 rings (SSSR count). The first-order valence-corrected chi connectivity index (χ1v) is 8.23. The molecule has 0 saturated carbocycles. The molecule has 0 aliphatic heterocycles. The summed E-state index contributed by atoms with van der Waals surface area (Å²) in [5, 5.41) is 3.68. The molecule has 0 heterocycles. The largest absolute Gasteiger partial charge is 0.309 e. The van der Waals surface area contributed by atoms with Crippen LogP contribution in [0.3, 0.4) is 0 Å². The summed E-state index contributed by atoms with van der Waals surface area (Å²) in [5.74, 6) is 0. The maximum atomic E-state index is 3.68. The van der Waals surface area contributed by atoms with Crippen molar-refractivity contribution in [3.8, 4) is 0 Å². The van der Waals surface area contributed by atoms with Crippen LogP contribution in [0.25, 0.3) is 0 Å². The van der Waals surface area contributed by atoms with Gasteiger partial charge in [0.05, 0.1) is 0 Å². The van der Waals surface area contributed by atoms with Gasteiger partial charge >= 0.3 is 0 Å². The Kier molecular flexibility index (Phi) is 8.58. The predicted molar refractivity (Wildman–Crippen MR) is 92.7 cm³/mol. The van der Waals surface area contributed by atoms with Crippen molar-refractivity contribution in [1.29, 1.82) is 0 Å². The summed E-state index contributed by atoms with van der Waals surface area (Å²) in [7, 11) is 6.54. The van der Waals surface area contributed by atoms with Gasteiger partial charge in [-0.2, -0.15) is 0 Å². The van der Waals surface area contributed by atoms with Crippen molar-refractivity contribution in [2.24, 2.45) is 0 Å². The van der Waals surface area contributed by atoms with E-state index in [0.29, 0.717) is 12.1 Å². The Morgan fingerprint density at radius 3 is 2.19 bits per heavy atom. The number of benzene rings is 1. The van der Waals surface area contributed by atoms with Crippen LogP contribution in [-0.2, 0) is 0 Å². The van der Waals surface area contributed by atoms with Gasteiger partial charge < -0.3 is 15.1 Å². The van der Waals surface area contributed by atoms with Crippen LogP contribution < -0.4 is 5.32 Å². The van der Waals surface area contributed by atoms with Gasteiger partial charge in [-0.3, -0.25) is 0 Å². The highest BCUT2D eigenvalue weighted by atomic mass is 15.2. The summed E-state index contributed by atoms with van der Waals surface area (Å²) in [4.78, 5) is 4.78. The maximum Gasteiger partial charge on any atom is 0.0477 e. The second-order valence-corrected chi connectivity index (χ2v) is 6.06. The average molecular weight is 291 g/mol. The van der Waals surface area contributed by atoms with Gasteiger partial charge in [-0.15, -0.1) is 0 Å². The van der Waals surface area contributed by atoms with E-state index < -0.39 is 0 Å². The Morgan fingerprint density at radius 1 is 1.00 bits per heavy atom. The molecular weight excluding hydrogens is 258 g/mol. The molecule has 0 saturated heterocycles. The minimum absolute atomic E-state index is 0.408. The van der Waals surface area contributed by atoms with E-state index in [1.165, 1.54) is 12.0 Å². The van der Waals surface area contributed by atoms with E-state index in [9.17, 15) is 0 Å². The molecule has 21 heavy (non-hydrogen) atoms. The molecule has 0 amide bonds. The normalized spacial score (nSPS) is 14.6. The third kappa shape index (κ3) is 6.16. The van der Waals surface area contributed by atoms with Gasteiger partial charge in [0.2, 0.25) is 0 Å². The minimum Gasteiger partial charge on any atom is -0.309 e. The van der Waals surface area contributed by atoms with Crippen molar-refractivity contribution in [1.82, 2.24) is 15.1 Å². The number of likely N-dealkylation sites (N-methyl/N-ethyl adjacent to an activating group) is 2. The Hall–Kier alpha value is -0.900. The molecule has 0 spiro atoms. The Balaban J connectivity index is 2.72. The molecule has 3 nitrogen and oxygen atoms in total. The standard InChI is InChI=1S/C18H33N3/c1-6-17(21(5)15-11-14-20(3)4)18(19-7-2)16-12-9-8-10-13-16/h8-10,12-13,17-19H,6-7,11,14-15H2,1-5H3. The van der Waals surface area contributed by atoms with E-state index in [-0.39, 0.29) is 0 Å². The number of rotatable bonds is 10. The van der Waals surface area contributed by atoms with Gasteiger partial charge in [0.25, 0.3) is 0 Å². The number of nitrogens with one attached hydrogen (secondary N) is 1. The van der Waals surface area contributed by atoms with Crippen molar-refractivity contribution < 1.29 is 0 Å². The number of hydrogen-bond donors (Lipinski definition) is 1. The third-order valence-electron chi connectivity index (χ3n) is 4.07. The second kappa shape index (κ2) is 9.93. The van der Waals surface area contributed by atoms with Crippen molar-refractivity contribution in [3.63, 3.8) is 0 Å². The monoisotopic (exact) mass is 291 g/mol. The minimum atomic E-state index is 0.408.